The van der Waals surface area contributed by atoms with Gasteiger partial charge in [-0.15, -0.1) is 0 Å². The average Bonchev–Trinajstić information content (AvgIpc) is 2.66. The first-order chi connectivity index (χ1) is 8.40. The smallest absolute Gasteiger partial charge is 0.308 e. The quantitative estimate of drug-likeness (QED) is 0.854. The van der Waals surface area contributed by atoms with Crippen LogP contribution < -0.4 is 4.90 Å². The summed E-state index contributed by atoms with van der Waals surface area (Å²) in [5, 5.41) is 9.72. The summed E-state index contributed by atoms with van der Waals surface area (Å²) in [5.41, 5.74) is 0.389. The van der Waals surface area contributed by atoms with Crippen LogP contribution in [0.4, 0.5) is 5.69 Å². The summed E-state index contributed by atoms with van der Waals surface area (Å²) >= 11 is 17.6. The van der Waals surface area contributed by atoms with Crippen molar-refractivity contribution in [2.24, 2.45) is 5.92 Å². The zero-order chi connectivity index (χ0) is 13.4. The standard InChI is InChI=1S/C11H8Cl3NO3/c12-6-2-8(14)9(3-7(6)13)15-4-5(11(17)18)1-10(15)16/h2-3,5H,1,4H2,(H,17,18)/t5-/m0/s1. The van der Waals surface area contributed by atoms with Crippen molar-refractivity contribution >= 4 is 52.4 Å². The fraction of sp³-hybridized carbons (Fsp3) is 0.273. The maximum atomic E-state index is 11.8. The number of anilines is 1. The van der Waals surface area contributed by atoms with Crippen LogP contribution in [0, 0.1) is 5.92 Å². The van der Waals surface area contributed by atoms with Gasteiger partial charge < -0.3 is 10.0 Å². The number of carboxylic acid groups (broad SMARTS) is 1. The van der Waals surface area contributed by atoms with Crippen molar-refractivity contribution in [2.75, 3.05) is 11.4 Å². The highest BCUT2D eigenvalue weighted by Gasteiger charge is 2.36. The molecule has 4 nitrogen and oxygen atoms in total. The highest BCUT2D eigenvalue weighted by molar-refractivity contribution is 6.44. The molecular formula is C11H8Cl3NO3. The van der Waals surface area contributed by atoms with Crippen LogP contribution in [0.5, 0.6) is 0 Å². The molecule has 0 spiro atoms. The van der Waals surface area contributed by atoms with Crippen molar-refractivity contribution in [3.05, 3.63) is 27.2 Å². The van der Waals surface area contributed by atoms with Gasteiger partial charge in [0.05, 0.1) is 26.7 Å². The summed E-state index contributed by atoms with van der Waals surface area (Å²) in [6.45, 7) is 0.0891. The molecule has 0 bridgehead atoms. The topological polar surface area (TPSA) is 57.6 Å². The minimum absolute atomic E-state index is 0.0358. The van der Waals surface area contributed by atoms with Crippen LogP contribution in [-0.2, 0) is 9.59 Å². The molecule has 0 aliphatic carbocycles. The van der Waals surface area contributed by atoms with Gasteiger partial charge >= 0.3 is 5.97 Å². The van der Waals surface area contributed by atoms with Crippen LogP contribution in [0.1, 0.15) is 6.42 Å². The van der Waals surface area contributed by atoms with Gasteiger partial charge in [-0.2, -0.15) is 0 Å². The first kappa shape index (κ1) is 13.5. The lowest BCUT2D eigenvalue weighted by Crippen LogP contribution is -2.26. The zero-order valence-electron chi connectivity index (χ0n) is 8.99. The Morgan fingerprint density at radius 1 is 1.22 bits per heavy atom. The van der Waals surface area contributed by atoms with E-state index < -0.39 is 11.9 Å². The number of benzene rings is 1. The molecule has 1 aliphatic heterocycles. The summed E-state index contributed by atoms with van der Waals surface area (Å²) in [6, 6.07) is 2.90. The van der Waals surface area contributed by atoms with Gasteiger partial charge in [0.15, 0.2) is 0 Å². The van der Waals surface area contributed by atoms with E-state index in [9.17, 15) is 9.59 Å². The Hall–Kier alpha value is -0.970. The number of carbonyl (C=O) groups excluding carboxylic acids is 1. The number of carbonyl (C=O) groups is 2. The van der Waals surface area contributed by atoms with Crippen molar-refractivity contribution in [1.29, 1.82) is 0 Å². The molecule has 7 heteroatoms. The number of halogens is 3. The Morgan fingerprint density at radius 2 is 1.83 bits per heavy atom. The highest BCUT2D eigenvalue weighted by atomic mass is 35.5. The Kier molecular flexibility index (Phi) is 3.71. The van der Waals surface area contributed by atoms with Crippen molar-refractivity contribution in [2.45, 2.75) is 6.42 Å². The van der Waals surface area contributed by atoms with Gasteiger partial charge in [-0.1, -0.05) is 34.8 Å². The highest BCUT2D eigenvalue weighted by Crippen LogP contribution is 2.37. The summed E-state index contributed by atoms with van der Waals surface area (Å²) in [5.74, 6) is -2.01. The van der Waals surface area contributed by atoms with Gasteiger partial charge in [-0.05, 0) is 12.1 Å². The van der Waals surface area contributed by atoms with Gasteiger partial charge in [0.1, 0.15) is 0 Å². The lowest BCUT2D eigenvalue weighted by atomic mass is 10.1. The maximum absolute atomic E-state index is 11.8. The first-order valence-electron chi connectivity index (χ1n) is 5.08. The average molecular weight is 309 g/mol. The van der Waals surface area contributed by atoms with E-state index in [0.29, 0.717) is 5.69 Å². The number of aliphatic carboxylic acids is 1. The number of hydrogen-bond acceptors (Lipinski definition) is 2. The zero-order valence-corrected chi connectivity index (χ0v) is 11.3. The molecule has 1 fully saturated rings. The molecule has 1 atom stereocenters. The predicted molar refractivity (Wildman–Crippen MR) is 69.6 cm³/mol. The normalized spacial score (nSPS) is 19.4. The van der Waals surface area contributed by atoms with E-state index in [1.165, 1.54) is 17.0 Å². The lowest BCUT2D eigenvalue weighted by molar-refractivity contribution is -0.141. The Balaban J connectivity index is 2.35. The van der Waals surface area contributed by atoms with E-state index in [2.05, 4.69) is 0 Å². The van der Waals surface area contributed by atoms with Crippen LogP contribution in [0.3, 0.4) is 0 Å². The molecule has 0 aromatic heterocycles. The number of carboxylic acids is 1. The summed E-state index contributed by atoms with van der Waals surface area (Å²) in [6.07, 6.45) is -0.0358. The molecule has 1 saturated heterocycles. The second kappa shape index (κ2) is 4.96. The van der Waals surface area contributed by atoms with Crippen LogP contribution in [0.15, 0.2) is 12.1 Å². The number of nitrogens with zero attached hydrogens (tertiary/aromatic N) is 1. The van der Waals surface area contributed by atoms with Crippen LogP contribution in [0.25, 0.3) is 0 Å². The van der Waals surface area contributed by atoms with E-state index in [1.807, 2.05) is 0 Å². The van der Waals surface area contributed by atoms with Gasteiger partial charge in [-0.25, -0.2) is 0 Å². The minimum Gasteiger partial charge on any atom is -0.481 e. The largest absolute Gasteiger partial charge is 0.481 e. The third-order valence-electron chi connectivity index (χ3n) is 2.75. The molecule has 0 saturated carbocycles. The van der Waals surface area contributed by atoms with Crippen LogP contribution in [-0.4, -0.2) is 23.5 Å². The molecule has 18 heavy (non-hydrogen) atoms. The fourth-order valence-corrected chi connectivity index (χ4v) is 2.47. The van der Waals surface area contributed by atoms with E-state index in [1.54, 1.807) is 0 Å². The Bertz CT molecular complexity index is 533. The van der Waals surface area contributed by atoms with E-state index in [-0.39, 0.29) is 33.9 Å². The third kappa shape index (κ3) is 2.41. The summed E-state index contributed by atoms with van der Waals surface area (Å²) in [7, 11) is 0. The van der Waals surface area contributed by atoms with Gasteiger partial charge in [-0.3, -0.25) is 9.59 Å². The molecule has 1 amide bonds. The van der Waals surface area contributed by atoms with Crippen molar-refractivity contribution in [1.82, 2.24) is 0 Å². The molecule has 2 rings (SSSR count). The van der Waals surface area contributed by atoms with Crippen molar-refractivity contribution in [3.63, 3.8) is 0 Å². The Labute approximate surface area is 118 Å². The number of hydrogen-bond donors (Lipinski definition) is 1. The molecule has 1 heterocycles. The molecule has 1 aromatic carbocycles. The van der Waals surface area contributed by atoms with Crippen LogP contribution >= 0.6 is 34.8 Å². The molecular weight excluding hydrogens is 300 g/mol. The van der Waals surface area contributed by atoms with Crippen molar-refractivity contribution < 1.29 is 14.7 Å². The third-order valence-corrected chi connectivity index (χ3v) is 3.78. The van der Waals surface area contributed by atoms with Crippen LogP contribution in [0.2, 0.25) is 15.1 Å². The molecule has 96 valence electrons. The van der Waals surface area contributed by atoms with Crippen molar-refractivity contribution in [3.8, 4) is 0 Å². The summed E-state index contributed by atoms with van der Waals surface area (Å²) in [4.78, 5) is 24.0. The fourth-order valence-electron chi connectivity index (χ4n) is 1.82. The lowest BCUT2D eigenvalue weighted by Gasteiger charge is -2.18. The van der Waals surface area contributed by atoms with Gasteiger partial charge in [0.2, 0.25) is 5.91 Å². The second-order valence-electron chi connectivity index (χ2n) is 3.96. The first-order valence-corrected chi connectivity index (χ1v) is 6.21. The molecule has 0 radical (unpaired) electrons. The molecule has 0 unspecified atom stereocenters. The maximum Gasteiger partial charge on any atom is 0.308 e. The molecule has 1 aliphatic rings. The van der Waals surface area contributed by atoms with E-state index in [0.717, 1.165) is 0 Å². The minimum atomic E-state index is -0.998. The number of rotatable bonds is 2. The predicted octanol–water partition coefficient (Wildman–Crippen LogP) is 3.08. The second-order valence-corrected chi connectivity index (χ2v) is 5.18. The number of amides is 1. The van der Waals surface area contributed by atoms with Gasteiger partial charge in [0.25, 0.3) is 0 Å². The molecule has 1 N–H and O–H groups in total. The Morgan fingerprint density at radius 3 is 2.39 bits per heavy atom. The van der Waals surface area contributed by atoms with E-state index in [4.69, 9.17) is 39.9 Å². The molecule has 1 aromatic rings. The monoisotopic (exact) mass is 307 g/mol. The summed E-state index contributed by atoms with van der Waals surface area (Å²) < 4.78 is 0. The van der Waals surface area contributed by atoms with Gasteiger partial charge in [0, 0.05) is 13.0 Å². The van der Waals surface area contributed by atoms with E-state index >= 15 is 0 Å². The SMILES string of the molecule is O=C(O)[C@H]1CC(=O)N(c2cc(Cl)c(Cl)cc2Cl)C1.